The summed E-state index contributed by atoms with van der Waals surface area (Å²) in [6.45, 7) is 1.07. The molecule has 1 fully saturated rings. The van der Waals surface area contributed by atoms with Crippen molar-refractivity contribution in [1.29, 1.82) is 0 Å². The van der Waals surface area contributed by atoms with E-state index in [2.05, 4.69) is 17.3 Å². The van der Waals surface area contributed by atoms with Crippen molar-refractivity contribution in [2.45, 2.75) is 37.0 Å². The molecule has 8 heteroatoms. The highest BCUT2D eigenvalue weighted by molar-refractivity contribution is 6.22. The Morgan fingerprint density at radius 3 is 2.48 bits per heavy atom. The quantitative estimate of drug-likeness (QED) is 0.464. The molecule has 1 aliphatic rings. The van der Waals surface area contributed by atoms with Crippen molar-refractivity contribution in [3.8, 4) is 0 Å². The minimum Gasteiger partial charge on any atom is -0.332 e. The number of halogens is 5. The molecule has 3 nitrogen and oxygen atoms in total. The number of hydrogen-bond donors (Lipinski definition) is 1. The van der Waals surface area contributed by atoms with Crippen LogP contribution < -0.4 is 5.32 Å². The zero-order valence-corrected chi connectivity index (χ0v) is 17.4. The van der Waals surface area contributed by atoms with Gasteiger partial charge < -0.3 is 5.32 Å². The second kappa shape index (κ2) is 9.83. The van der Waals surface area contributed by atoms with Crippen LogP contribution in [0.15, 0.2) is 48.5 Å². The fraction of sp³-hybridized carbons (Fsp3) is 0.381. The summed E-state index contributed by atoms with van der Waals surface area (Å²) in [6.07, 6.45) is -0.996. The minimum absolute atomic E-state index is 0. The third kappa shape index (κ3) is 5.87. The fourth-order valence-corrected chi connectivity index (χ4v) is 3.75. The molecule has 1 heterocycles. The number of carbonyl (C=O) groups excluding carboxylic acids is 1. The van der Waals surface area contributed by atoms with Crippen LogP contribution in [0.3, 0.4) is 0 Å². The topological polar surface area (TPSA) is 32.3 Å². The van der Waals surface area contributed by atoms with E-state index < -0.39 is 23.1 Å². The van der Waals surface area contributed by atoms with Crippen LogP contribution >= 0.6 is 24.0 Å². The van der Waals surface area contributed by atoms with Crippen molar-refractivity contribution >= 4 is 29.9 Å². The van der Waals surface area contributed by atoms with E-state index in [1.54, 1.807) is 0 Å². The molecule has 0 unspecified atom stereocenters. The smallest absolute Gasteiger partial charge is 0.332 e. The highest BCUT2D eigenvalue weighted by atomic mass is 35.5. The maximum absolute atomic E-state index is 12.8. The summed E-state index contributed by atoms with van der Waals surface area (Å²) in [5.41, 5.74) is 0.0940. The number of rotatable bonds is 4. The number of carbonyl (C=O) groups is 1. The number of nitrogens with zero attached hydrogens (tertiary/aromatic N) is 1. The summed E-state index contributed by atoms with van der Waals surface area (Å²) in [5.74, 6) is -0.651. The van der Waals surface area contributed by atoms with E-state index in [1.165, 1.54) is 30.5 Å². The summed E-state index contributed by atoms with van der Waals surface area (Å²) in [5, 5.41) is 2.55. The SMILES string of the molecule is CN1CCCC[C@H]1c1ccc([C@H](Cl)NC(=O)c2cccc(C(F)(F)F)c2)cc1.Cl. The van der Waals surface area contributed by atoms with E-state index in [0.717, 1.165) is 25.1 Å². The first-order chi connectivity index (χ1) is 13.3. The maximum atomic E-state index is 12.8. The van der Waals surface area contributed by atoms with Gasteiger partial charge in [0.25, 0.3) is 5.91 Å². The Labute approximate surface area is 179 Å². The molecule has 1 amide bonds. The Hall–Kier alpha value is -1.76. The normalized spacial score (nSPS) is 18.6. The lowest BCUT2D eigenvalue weighted by molar-refractivity contribution is -0.137. The molecule has 0 aliphatic carbocycles. The number of nitrogens with one attached hydrogen (secondary N) is 1. The molecule has 0 aromatic heterocycles. The Balaban J connectivity index is 0.00000300. The van der Waals surface area contributed by atoms with Gasteiger partial charge in [0, 0.05) is 11.6 Å². The number of hydrogen-bond acceptors (Lipinski definition) is 2. The largest absolute Gasteiger partial charge is 0.416 e. The predicted octanol–water partition coefficient (Wildman–Crippen LogP) is 5.95. The van der Waals surface area contributed by atoms with Crippen LogP contribution in [0.1, 0.15) is 57.9 Å². The van der Waals surface area contributed by atoms with Gasteiger partial charge >= 0.3 is 6.18 Å². The molecule has 0 spiro atoms. The molecule has 0 bridgehead atoms. The molecular formula is C21H23Cl2F3N2O. The van der Waals surface area contributed by atoms with Gasteiger partial charge in [0.05, 0.1) is 5.56 Å². The molecular weight excluding hydrogens is 424 g/mol. The van der Waals surface area contributed by atoms with Crippen molar-refractivity contribution in [3.05, 3.63) is 70.8 Å². The lowest BCUT2D eigenvalue weighted by atomic mass is 9.95. The standard InChI is InChI=1S/C21H22ClF3N2O.ClH/c1-27-12-3-2-7-18(27)14-8-10-15(11-9-14)19(22)26-20(28)16-5-4-6-17(13-16)21(23,24)25;/h4-6,8-11,13,18-19H,2-3,7,12H2,1H3,(H,26,28);1H/t18-,19+;/m0./s1. The van der Waals surface area contributed by atoms with Crippen LogP contribution in [0.2, 0.25) is 0 Å². The van der Waals surface area contributed by atoms with Crippen LogP contribution in [0, 0.1) is 0 Å². The molecule has 29 heavy (non-hydrogen) atoms. The van der Waals surface area contributed by atoms with Gasteiger partial charge in [0.15, 0.2) is 0 Å². The third-order valence-corrected chi connectivity index (χ3v) is 5.46. The van der Waals surface area contributed by atoms with Crippen molar-refractivity contribution in [1.82, 2.24) is 10.2 Å². The second-order valence-corrected chi connectivity index (χ2v) is 7.51. The summed E-state index contributed by atoms with van der Waals surface area (Å²) in [7, 11) is 2.11. The monoisotopic (exact) mass is 446 g/mol. The van der Waals surface area contributed by atoms with E-state index in [4.69, 9.17) is 11.6 Å². The number of piperidine rings is 1. The van der Waals surface area contributed by atoms with Gasteiger partial charge in [-0.1, -0.05) is 48.4 Å². The summed E-state index contributed by atoms with van der Waals surface area (Å²) in [4.78, 5) is 14.6. The highest BCUT2D eigenvalue weighted by Crippen LogP contribution is 2.31. The van der Waals surface area contributed by atoms with Crippen LogP contribution in [-0.4, -0.2) is 24.4 Å². The van der Waals surface area contributed by atoms with Crippen LogP contribution in [0.4, 0.5) is 13.2 Å². The number of alkyl halides is 4. The molecule has 0 radical (unpaired) electrons. The van der Waals surface area contributed by atoms with Gasteiger partial charge in [0.2, 0.25) is 0 Å². The maximum Gasteiger partial charge on any atom is 0.416 e. The molecule has 3 rings (SSSR count). The summed E-state index contributed by atoms with van der Waals surface area (Å²) >= 11 is 6.28. The fourth-order valence-electron chi connectivity index (χ4n) is 3.50. The van der Waals surface area contributed by atoms with Crippen molar-refractivity contribution in [3.63, 3.8) is 0 Å². The molecule has 158 valence electrons. The minimum atomic E-state index is -4.50. The number of amides is 1. The Morgan fingerprint density at radius 2 is 1.86 bits per heavy atom. The first-order valence-electron chi connectivity index (χ1n) is 9.18. The lowest BCUT2D eigenvalue weighted by Gasteiger charge is -2.33. The van der Waals surface area contributed by atoms with Crippen LogP contribution in [-0.2, 0) is 6.18 Å². The molecule has 1 N–H and O–H groups in total. The Bertz CT molecular complexity index is 827. The van der Waals surface area contributed by atoms with Crippen LogP contribution in [0.5, 0.6) is 0 Å². The number of benzene rings is 2. The average molecular weight is 447 g/mol. The second-order valence-electron chi connectivity index (χ2n) is 7.07. The zero-order valence-electron chi connectivity index (χ0n) is 15.9. The Morgan fingerprint density at radius 1 is 1.17 bits per heavy atom. The van der Waals surface area contributed by atoms with Crippen LogP contribution in [0.25, 0.3) is 0 Å². The van der Waals surface area contributed by atoms with Gasteiger partial charge in [-0.05, 0) is 55.8 Å². The van der Waals surface area contributed by atoms with Gasteiger partial charge in [-0.25, -0.2) is 0 Å². The molecule has 0 saturated carbocycles. The highest BCUT2D eigenvalue weighted by Gasteiger charge is 2.31. The molecule has 1 aliphatic heterocycles. The molecule has 2 atom stereocenters. The summed E-state index contributed by atoms with van der Waals surface area (Å²) in [6, 6.07) is 12.3. The van der Waals surface area contributed by atoms with E-state index in [0.29, 0.717) is 11.6 Å². The summed E-state index contributed by atoms with van der Waals surface area (Å²) < 4.78 is 38.4. The predicted molar refractivity (Wildman–Crippen MR) is 110 cm³/mol. The van der Waals surface area contributed by atoms with E-state index >= 15 is 0 Å². The zero-order chi connectivity index (χ0) is 20.3. The van der Waals surface area contributed by atoms with Gasteiger partial charge in [-0.3, -0.25) is 9.69 Å². The van der Waals surface area contributed by atoms with E-state index in [1.807, 2.05) is 24.3 Å². The van der Waals surface area contributed by atoms with Crippen molar-refractivity contribution in [2.75, 3.05) is 13.6 Å². The molecule has 1 saturated heterocycles. The van der Waals surface area contributed by atoms with Gasteiger partial charge in [-0.2, -0.15) is 13.2 Å². The van der Waals surface area contributed by atoms with Crippen molar-refractivity contribution in [2.24, 2.45) is 0 Å². The van der Waals surface area contributed by atoms with Gasteiger partial charge in [-0.15, -0.1) is 12.4 Å². The van der Waals surface area contributed by atoms with E-state index in [9.17, 15) is 18.0 Å². The lowest BCUT2D eigenvalue weighted by Crippen LogP contribution is -2.29. The Kier molecular flexibility index (Phi) is 7.97. The van der Waals surface area contributed by atoms with E-state index in [-0.39, 0.29) is 18.0 Å². The molecule has 2 aromatic rings. The first-order valence-corrected chi connectivity index (χ1v) is 9.61. The number of likely N-dealkylation sites (tertiary alicyclic amines) is 1. The molecule has 2 aromatic carbocycles. The first kappa shape index (κ1) is 23.5. The average Bonchev–Trinajstić information content (AvgIpc) is 2.68. The van der Waals surface area contributed by atoms with Gasteiger partial charge in [0.1, 0.15) is 5.50 Å². The van der Waals surface area contributed by atoms with Crippen molar-refractivity contribution < 1.29 is 18.0 Å². The third-order valence-electron chi connectivity index (χ3n) is 5.09.